The van der Waals surface area contributed by atoms with E-state index >= 15 is 0 Å². The normalized spacial score (nSPS) is 17.1. The van der Waals surface area contributed by atoms with Crippen molar-refractivity contribution >= 4 is 34.8 Å². The van der Waals surface area contributed by atoms with Crippen molar-refractivity contribution in [3.63, 3.8) is 0 Å². The Kier molecular flexibility index (Phi) is 7.67. The molecule has 0 aromatic rings. The zero-order valence-electron chi connectivity index (χ0n) is 6.56. The van der Waals surface area contributed by atoms with E-state index in [4.69, 9.17) is 34.8 Å². The van der Waals surface area contributed by atoms with Crippen molar-refractivity contribution in [2.45, 2.75) is 36.9 Å². The largest absolute Gasteiger partial charge is 0.123 e. The average Bonchev–Trinajstić information content (AvgIpc) is 1.87. The van der Waals surface area contributed by atoms with Crippen LogP contribution in [0.2, 0.25) is 0 Å². The molecule has 0 aliphatic rings. The van der Waals surface area contributed by atoms with E-state index in [2.05, 4.69) is 6.92 Å². The standard InChI is InChI=1S/C8H13Cl3/c1-2-3-7(10)6-8(11)4-5-9/h4-5,7-8H,2-3,6H2,1H3. The fourth-order valence-electron chi connectivity index (χ4n) is 0.833. The molecule has 0 aromatic carbocycles. The van der Waals surface area contributed by atoms with Gasteiger partial charge in [-0.3, -0.25) is 0 Å². The first-order valence-electron chi connectivity index (χ1n) is 3.75. The van der Waals surface area contributed by atoms with Crippen molar-refractivity contribution in [1.29, 1.82) is 0 Å². The Morgan fingerprint density at radius 2 is 2.00 bits per heavy atom. The summed E-state index contributed by atoms with van der Waals surface area (Å²) in [5, 5.41) is 0.150. The molecule has 0 nitrogen and oxygen atoms in total. The van der Waals surface area contributed by atoms with Crippen LogP contribution in [-0.4, -0.2) is 10.8 Å². The third-order valence-electron chi connectivity index (χ3n) is 1.36. The van der Waals surface area contributed by atoms with Gasteiger partial charge >= 0.3 is 0 Å². The molecule has 0 aromatic heterocycles. The highest BCUT2D eigenvalue weighted by Gasteiger charge is 2.08. The lowest BCUT2D eigenvalue weighted by Crippen LogP contribution is -2.05. The SMILES string of the molecule is CCCC(Cl)CC(Cl)C=CCl. The minimum Gasteiger partial charge on any atom is -0.123 e. The van der Waals surface area contributed by atoms with E-state index in [1.807, 2.05) is 0 Å². The van der Waals surface area contributed by atoms with Gasteiger partial charge in [0.1, 0.15) is 0 Å². The quantitative estimate of drug-likeness (QED) is 0.605. The van der Waals surface area contributed by atoms with Crippen LogP contribution in [0.3, 0.4) is 0 Å². The minimum absolute atomic E-state index is 0.0263. The number of allylic oxidation sites excluding steroid dienone is 1. The van der Waals surface area contributed by atoms with Crippen LogP contribution in [0.15, 0.2) is 11.6 Å². The van der Waals surface area contributed by atoms with Gasteiger partial charge < -0.3 is 0 Å². The van der Waals surface area contributed by atoms with E-state index in [9.17, 15) is 0 Å². The van der Waals surface area contributed by atoms with Gasteiger partial charge in [-0.25, -0.2) is 0 Å². The summed E-state index contributed by atoms with van der Waals surface area (Å²) < 4.78 is 0. The Balaban J connectivity index is 3.48. The van der Waals surface area contributed by atoms with E-state index in [0.29, 0.717) is 0 Å². The van der Waals surface area contributed by atoms with Crippen molar-refractivity contribution in [3.8, 4) is 0 Å². The molecule has 0 saturated carbocycles. The Morgan fingerprint density at radius 3 is 2.45 bits per heavy atom. The van der Waals surface area contributed by atoms with Crippen molar-refractivity contribution in [2.75, 3.05) is 0 Å². The summed E-state index contributed by atoms with van der Waals surface area (Å²) in [5.41, 5.74) is 1.44. The second-order valence-electron chi connectivity index (χ2n) is 2.46. The summed E-state index contributed by atoms with van der Waals surface area (Å²) in [6.07, 6.45) is 4.65. The van der Waals surface area contributed by atoms with Crippen LogP contribution in [0.4, 0.5) is 0 Å². The molecule has 0 N–H and O–H groups in total. The average molecular weight is 216 g/mol. The first-order valence-corrected chi connectivity index (χ1v) is 5.06. The molecule has 0 aliphatic carbocycles. The smallest absolute Gasteiger partial charge is 0.0541 e. The summed E-state index contributed by atoms with van der Waals surface area (Å²) >= 11 is 17.2. The summed E-state index contributed by atoms with van der Waals surface area (Å²) in [7, 11) is 0. The molecule has 3 heteroatoms. The molecule has 2 atom stereocenters. The first kappa shape index (κ1) is 11.6. The monoisotopic (exact) mass is 214 g/mol. The maximum absolute atomic E-state index is 5.95. The van der Waals surface area contributed by atoms with Crippen molar-refractivity contribution in [1.82, 2.24) is 0 Å². The van der Waals surface area contributed by atoms with Crippen molar-refractivity contribution < 1.29 is 0 Å². The van der Waals surface area contributed by atoms with Gasteiger partial charge in [0.25, 0.3) is 0 Å². The van der Waals surface area contributed by atoms with Crippen LogP contribution < -0.4 is 0 Å². The Hall–Kier alpha value is 0.610. The van der Waals surface area contributed by atoms with E-state index < -0.39 is 0 Å². The highest BCUT2D eigenvalue weighted by Crippen LogP contribution is 2.16. The Bertz CT molecular complexity index is 112. The molecule has 0 saturated heterocycles. The second kappa shape index (κ2) is 7.27. The number of alkyl halides is 2. The third kappa shape index (κ3) is 6.99. The highest BCUT2D eigenvalue weighted by molar-refractivity contribution is 6.27. The van der Waals surface area contributed by atoms with Crippen molar-refractivity contribution in [3.05, 3.63) is 11.6 Å². The zero-order valence-corrected chi connectivity index (χ0v) is 8.83. The maximum atomic E-state index is 5.95. The second-order valence-corrected chi connectivity index (χ2v) is 3.89. The molecule has 0 amide bonds. The molecule has 0 heterocycles. The predicted molar refractivity (Wildman–Crippen MR) is 53.8 cm³/mol. The third-order valence-corrected chi connectivity index (χ3v) is 2.23. The molecule has 11 heavy (non-hydrogen) atoms. The molecule has 0 fully saturated rings. The predicted octanol–water partition coefficient (Wildman–Crippen LogP) is 4.14. The molecule has 2 unspecified atom stereocenters. The fraction of sp³-hybridized carbons (Fsp3) is 0.750. The van der Waals surface area contributed by atoms with Crippen LogP contribution in [0.5, 0.6) is 0 Å². The highest BCUT2D eigenvalue weighted by atomic mass is 35.5. The van der Waals surface area contributed by atoms with Crippen LogP contribution in [0.25, 0.3) is 0 Å². The topological polar surface area (TPSA) is 0 Å². The van der Waals surface area contributed by atoms with Crippen LogP contribution in [0, 0.1) is 0 Å². The van der Waals surface area contributed by atoms with Crippen molar-refractivity contribution in [2.24, 2.45) is 0 Å². The van der Waals surface area contributed by atoms with Crippen LogP contribution in [0.1, 0.15) is 26.2 Å². The molecule has 0 aliphatic heterocycles. The minimum atomic E-state index is -0.0263. The van der Waals surface area contributed by atoms with Gasteiger partial charge in [0.2, 0.25) is 0 Å². The maximum Gasteiger partial charge on any atom is 0.0541 e. The fourth-order valence-corrected chi connectivity index (χ4v) is 1.87. The van der Waals surface area contributed by atoms with E-state index in [1.54, 1.807) is 6.08 Å². The number of hydrogen-bond acceptors (Lipinski definition) is 0. The van der Waals surface area contributed by atoms with Gasteiger partial charge in [0.05, 0.1) is 5.38 Å². The van der Waals surface area contributed by atoms with Crippen LogP contribution in [-0.2, 0) is 0 Å². The van der Waals surface area contributed by atoms with Gasteiger partial charge in [-0.15, -0.1) is 23.2 Å². The molecule has 0 radical (unpaired) electrons. The molecule has 0 rings (SSSR count). The Labute approximate surface area is 83.5 Å². The molecule has 66 valence electrons. The molecule has 0 spiro atoms. The molecule has 0 bridgehead atoms. The molecular weight excluding hydrogens is 202 g/mol. The first-order chi connectivity index (χ1) is 5.20. The summed E-state index contributed by atoms with van der Waals surface area (Å²) in [6, 6.07) is 0. The number of rotatable bonds is 5. The van der Waals surface area contributed by atoms with Gasteiger partial charge in [-0.05, 0) is 12.8 Å². The summed E-state index contributed by atoms with van der Waals surface area (Å²) in [4.78, 5) is 0. The van der Waals surface area contributed by atoms with Gasteiger partial charge in [0, 0.05) is 10.9 Å². The van der Waals surface area contributed by atoms with E-state index in [0.717, 1.165) is 19.3 Å². The lowest BCUT2D eigenvalue weighted by molar-refractivity contribution is 0.687. The van der Waals surface area contributed by atoms with Gasteiger partial charge in [-0.2, -0.15) is 0 Å². The van der Waals surface area contributed by atoms with Crippen LogP contribution >= 0.6 is 34.8 Å². The van der Waals surface area contributed by atoms with Gasteiger partial charge in [-0.1, -0.05) is 31.0 Å². The zero-order chi connectivity index (χ0) is 8.69. The van der Waals surface area contributed by atoms with Gasteiger partial charge in [0.15, 0.2) is 0 Å². The molecular formula is C8H13Cl3. The van der Waals surface area contributed by atoms with E-state index in [1.165, 1.54) is 5.54 Å². The number of halogens is 3. The Morgan fingerprint density at radius 1 is 1.36 bits per heavy atom. The summed E-state index contributed by atoms with van der Waals surface area (Å²) in [5.74, 6) is 0. The lowest BCUT2D eigenvalue weighted by atomic mass is 10.1. The lowest BCUT2D eigenvalue weighted by Gasteiger charge is -2.08. The summed E-state index contributed by atoms with van der Waals surface area (Å²) in [6.45, 7) is 2.11. The van der Waals surface area contributed by atoms with E-state index in [-0.39, 0.29) is 10.8 Å². The number of hydrogen-bond donors (Lipinski definition) is 0.